The molecule has 0 saturated carbocycles. The van der Waals surface area contributed by atoms with Gasteiger partial charge in [0.2, 0.25) is 5.90 Å². The fraction of sp³-hybridized carbons (Fsp3) is 0.0833. The molecular formula is C24H17FN2O6. The number of nitro groups is 1. The number of hydrogen-bond acceptors (Lipinski definition) is 7. The highest BCUT2D eigenvalue weighted by atomic mass is 19.1. The molecule has 3 aromatic rings. The summed E-state index contributed by atoms with van der Waals surface area (Å²) < 4.78 is 29.7. The Morgan fingerprint density at radius 2 is 1.82 bits per heavy atom. The Bertz CT molecular complexity index is 1270. The fourth-order valence-corrected chi connectivity index (χ4v) is 3.10. The van der Waals surface area contributed by atoms with E-state index in [-0.39, 0.29) is 29.7 Å². The second-order valence-corrected chi connectivity index (χ2v) is 6.93. The van der Waals surface area contributed by atoms with Crippen LogP contribution in [0.4, 0.5) is 10.1 Å². The van der Waals surface area contributed by atoms with Gasteiger partial charge < -0.3 is 14.2 Å². The molecule has 0 saturated heterocycles. The number of nitrogens with zero attached hydrogens (tertiary/aromatic N) is 2. The number of rotatable bonds is 7. The zero-order valence-corrected chi connectivity index (χ0v) is 17.4. The van der Waals surface area contributed by atoms with E-state index in [0.717, 1.165) is 5.56 Å². The van der Waals surface area contributed by atoms with Crippen LogP contribution in [0.15, 0.2) is 77.4 Å². The van der Waals surface area contributed by atoms with Crippen molar-refractivity contribution in [1.29, 1.82) is 0 Å². The van der Waals surface area contributed by atoms with E-state index in [1.807, 2.05) is 0 Å². The molecule has 0 spiro atoms. The molecule has 0 fully saturated rings. The molecule has 0 bridgehead atoms. The summed E-state index contributed by atoms with van der Waals surface area (Å²) in [6.45, 7) is 0.151. The van der Waals surface area contributed by atoms with Crippen LogP contribution in [-0.4, -0.2) is 23.9 Å². The lowest BCUT2D eigenvalue weighted by molar-refractivity contribution is -0.384. The van der Waals surface area contributed by atoms with Gasteiger partial charge in [-0.15, -0.1) is 0 Å². The van der Waals surface area contributed by atoms with Crippen LogP contribution >= 0.6 is 0 Å². The maximum absolute atomic E-state index is 13.2. The highest BCUT2D eigenvalue weighted by Crippen LogP contribution is 2.34. The van der Waals surface area contributed by atoms with Crippen molar-refractivity contribution in [3.63, 3.8) is 0 Å². The molecule has 1 heterocycles. The summed E-state index contributed by atoms with van der Waals surface area (Å²) in [5.74, 6) is -0.155. The largest absolute Gasteiger partial charge is 0.493 e. The molecule has 1 aliphatic heterocycles. The van der Waals surface area contributed by atoms with Crippen molar-refractivity contribution in [1.82, 2.24) is 0 Å². The summed E-state index contributed by atoms with van der Waals surface area (Å²) in [6.07, 6.45) is 1.50. The molecule has 3 aromatic carbocycles. The van der Waals surface area contributed by atoms with Gasteiger partial charge in [-0.05, 0) is 42.0 Å². The number of halogens is 1. The predicted octanol–water partition coefficient (Wildman–Crippen LogP) is 4.67. The molecule has 1 aliphatic rings. The van der Waals surface area contributed by atoms with Gasteiger partial charge in [0, 0.05) is 23.3 Å². The smallest absolute Gasteiger partial charge is 0.363 e. The van der Waals surface area contributed by atoms with Gasteiger partial charge in [-0.2, -0.15) is 0 Å². The number of cyclic esters (lactones) is 1. The van der Waals surface area contributed by atoms with Gasteiger partial charge in [0.05, 0.1) is 12.0 Å². The van der Waals surface area contributed by atoms with Crippen LogP contribution in [0.3, 0.4) is 0 Å². The second kappa shape index (κ2) is 9.31. The van der Waals surface area contributed by atoms with Gasteiger partial charge in [0.1, 0.15) is 12.4 Å². The zero-order valence-electron chi connectivity index (χ0n) is 17.4. The van der Waals surface area contributed by atoms with Crippen molar-refractivity contribution in [2.45, 2.75) is 6.61 Å². The zero-order chi connectivity index (χ0) is 23.4. The highest BCUT2D eigenvalue weighted by Gasteiger charge is 2.25. The van der Waals surface area contributed by atoms with Crippen LogP contribution in [0.1, 0.15) is 16.7 Å². The second-order valence-electron chi connectivity index (χ2n) is 6.93. The lowest BCUT2D eigenvalue weighted by Gasteiger charge is -2.13. The number of non-ortho nitro benzene ring substituents is 1. The molecule has 4 rings (SSSR count). The first kappa shape index (κ1) is 21.7. The van der Waals surface area contributed by atoms with Crippen molar-refractivity contribution >= 4 is 23.6 Å². The molecule has 0 aromatic heterocycles. The molecule has 166 valence electrons. The highest BCUT2D eigenvalue weighted by molar-refractivity contribution is 6.13. The van der Waals surface area contributed by atoms with Gasteiger partial charge in [-0.3, -0.25) is 10.1 Å². The molecule has 0 atom stereocenters. The molecule has 0 unspecified atom stereocenters. The van der Waals surface area contributed by atoms with Crippen molar-refractivity contribution in [3.8, 4) is 11.5 Å². The fourth-order valence-electron chi connectivity index (χ4n) is 3.10. The average Bonchev–Trinajstić information content (AvgIpc) is 3.19. The third-order valence-electron chi connectivity index (χ3n) is 4.76. The number of aliphatic imine (C=N–C) groups is 1. The van der Waals surface area contributed by atoms with Crippen molar-refractivity contribution < 1.29 is 28.3 Å². The third kappa shape index (κ3) is 4.87. The van der Waals surface area contributed by atoms with Gasteiger partial charge in [0.15, 0.2) is 17.2 Å². The number of carbonyl (C=O) groups is 1. The first-order chi connectivity index (χ1) is 15.9. The minimum Gasteiger partial charge on any atom is -0.493 e. The first-order valence-electron chi connectivity index (χ1n) is 9.76. The lowest BCUT2D eigenvalue weighted by Crippen LogP contribution is -2.05. The quantitative estimate of drug-likeness (QED) is 0.225. The molecule has 0 N–H and O–H groups in total. The van der Waals surface area contributed by atoms with Crippen LogP contribution in [0.5, 0.6) is 11.5 Å². The standard InChI is InChI=1S/C24H17FN2O6/c1-31-21-4-2-3-17(22(21)32-14-15-5-9-18(25)10-6-15)13-20-24(28)33-23(26-20)16-7-11-19(12-8-16)27(29)30/h2-13H,14H2,1H3/b20-13-. The number of nitro benzene ring substituents is 1. The van der Waals surface area contributed by atoms with Gasteiger partial charge >= 0.3 is 5.97 Å². The normalized spacial score (nSPS) is 14.1. The Balaban J connectivity index is 1.62. The number of hydrogen-bond donors (Lipinski definition) is 0. The molecule has 0 aliphatic carbocycles. The van der Waals surface area contributed by atoms with Crippen molar-refractivity contribution in [2.24, 2.45) is 4.99 Å². The number of ether oxygens (including phenoxy) is 3. The summed E-state index contributed by atoms with van der Waals surface area (Å²) in [4.78, 5) is 26.9. The summed E-state index contributed by atoms with van der Waals surface area (Å²) in [7, 11) is 1.49. The summed E-state index contributed by atoms with van der Waals surface area (Å²) in [5.41, 5.74) is 1.65. The summed E-state index contributed by atoms with van der Waals surface area (Å²) in [6, 6.07) is 16.6. The number of methoxy groups -OCH3 is 1. The van der Waals surface area contributed by atoms with Crippen LogP contribution in [-0.2, 0) is 16.1 Å². The monoisotopic (exact) mass is 448 g/mol. The summed E-state index contributed by atoms with van der Waals surface area (Å²) >= 11 is 0. The summed E-state index contributed by atoms with van der Waals surface area (Å²) in [5, 5.41) is 10.8. The molecule has 0 amide bonds. The Morgan fingerprint density at radius 1 is 1.09 bits per heavy atom. The third-order valence-corrected chi connectivity index (χ3v) is 4.76. The van der Waals surface area contributed by atoms with Crippen LogP contribution in [0.25, 0.3) is 6.08 Å². The number of para-hydroxylation sites is 1. The van der Waals surface area contributed by atoms with E-state index >= 15 is 0 Å². The number of benzene rings is 3. The number of esters is 1. The first-order valence-corrected chi connectivity index (χ1v) is 9.76. The average molecular weight is 448 g/mol. The topological polar surface area (TPSA) is 100 Å². The van der Waals surface area contributed by atoms with E-state index in [0.29, 0.717) is 22.6 Å². The molecule has 0 radical (unpaired) electrons. The van der Waals surface area contributed by atoms with Gasteiger partial charge in [0.25, 0.3) is 5.69 Å². The van der Waals surface area contributed by atoms with Gasteiger partial charge in [-0.1, -0.05) is 24.3 Å². The van der Waals surface area contributed by atoms with E-state index in [2.05, 4.69) is 4.99 Å². The Kier molecular flexibility index (Phi) is 6.12. The molecule has 33 heavy (non-hydrogen) atoms. The van der Waals surface area contributed by atoms with E-state index in [4.69, 9.17) is 14.2 Å². The predicted molar refractivity (Wildman–Crippen MR) is 117 cm³/mol. The van der Waals surface area contributed by atoms with Crippen LogP contribution in [0.2, 0.25) is 0 Å². The maximum Gasteiger partial charge on any atom is 0.363 e. The van der Waals surface area contributed by atoms with E-state index in [9.17, 15) is 19.3 Å². The van der Waals surface area contributed by atoms with E-state index < -0.39 is 10.9 Å². The maximum atomic E-state index is 13.2. The number of carbonyl (C=O) groups excluding carboxylic acids is 1. The van der Waals surface area contributed by atoms with Crippen molar-refractivity contribution in [2.75, 3.05) is 7.11 Å². The molecule has 8 nitrogen and oxygen atoms in total. The SMILES string of the molecule is COc1cccc(/C=C2\N=C(c3ccc([N+](=O)[O-])cc3)OC2=O)c1OCc1ccc(F)cc1. The van der Waals surface area contributed by atoms with Crippen LogP contribution in [0, 0.1) is 15.9 Å². The molecule has 9 heteroatoms. The van der Waals surface area contributed by atoms with Crippen molar-refractivity contribution in [3.05, 3.63) is 105 Å². The minimum absolute atomic E-state index is 0.0308. The minimum atomic E-state index is -0.671. The Hall–Kier alpha value is -4.53. The Morgan fingerprint density at radius 3 is 2.48 bits per heavy atom. The van der Waals surface area contributed by atoms with E-state index in [1.165, 1.54) is 49.6 Å². The van der Waals surface area contributed by atoms with Gasteiger partial charge in [-0.25, -0.2) is 14.2 Å². The Labute approximate surface area is 187 Å². The van der Waals surface area contributed by atoms with E-state index in [1.54, 1.807) is 30.3 Å². The molecular weight excluding hydrogens is 431 g/mol. The lowest BCUT2D eigenvalue weighted by atomic mass is 10.1. The van der Waals surface area contributed by atoms with Crippen LogP contribution < -0.4 is 9.47 Å².